The van der Waals surface area contributed by atoms with Gasteiger partial charge in [-0.25, -0.2) is 4.98 Å². The number of benzene rings is 1. The Kier molecular flexibility index (Phi) is 3.70. The van der Waals surface area contributed by atoms with Crippen LogP contribution in [-0.2, 0) is 11.2 Å². The van der Waals surface area contributed by atoms with E-state index in [0.717, 1.165) is 31.7 Å². The maximum atomic E-state index is 11.2. The van der Waals surface area contributed by atoms with Crippen LogP contribution in [0.5, 0.6) is 0 Å². The van der Waals surface area contributed by atoms with Gasteiger partial charge in [0.05, 0.1) is 17.0 Å². The molecule has 3 heterocycles. The van der Waals surface area contributed by atoms with Crippen LogP contribution in [0, 0.1) is 6.92 Å². The Balaban J connectivity index is 1.92. The molecule has 0 bridgehead atoms. The van der Waals surface area contributed by atoms with Crippen molar-refractivity contribution < 1.29 is 9.90 Å². The molecule has 0 fully saturated rings. The lowest BCUT2D eigenvalue weighted by Crippen LogP contribution is -2.00. The minimum atomic E-state index is -0.827. The summed E-state index contributed by atoms with van der Waals surface area (Å²) >= 11 is 3.09. The Morgan fingerprint density at radius 3 is 2.71 bits per heavy atom. The zero-order valence-corrected chi connectivity index (χ0v) is 14.5. The lowest BCUT2D eigenvalue weighted by Gasteiger charge is -2.04. The predicted octanol–water partition coefficient (Wildman–Crippen LogP) is 4.73. The van der Waals surface area contributed by atoms with Crippen LogP contribution in [0.1, 0.15) is 10.4 Å². The molecular weight excluding hydrogens is 340 g/mol. The summed E-state index contributed by atoms with van der Waals surface area (Å²) in [5.41, 5.74) is 4.03. The van der Waals surface area contributed by atoms with Gasteiger partial charge >= 0.3 is 5.97 Å². The maximum Gasteiger partial charge on any atom is 0.308 e. The second-order valence-corrected chi connectivity index (χ2v) is 7.58. The molecule has 4 nitrogen and oxygen atoms in total. The van der Waals surface area contributed by atoms with Crippen molar-refractivity contribution in [1.29, 1.82) is 0 Å². The Bertz CT molecular complexity index is 1010. The number of rotatable bonds is 4. The molecule has 4 aromatic rings. The number of carboxylic acids is 1. The zero-order valence-electron chi connectivity index (χ0n) is 12.9. The number of nitrogens with zero attached hydrogens (tertiary/aromatic N) is 2. The molecule has 0 saturated heterocycles. The summed E-state index contributed by atoms with van der Waals surface area (Å²) in [5, 5.41) is 11.3. The van der Waals surface area contributed by atoms with Gasteiger partial charge in [0, 0.05) is 11.1 Å². The molecule has 0 aliphatic rings. The number of aryl methyl sites for hydroxylation is 1. The Labute approximate surface area is 146 Å². The van der Waals surface area contributed by atoms with E-state index in [9.17, 15) is 9.90 Å². The van der Waals surface area contributed by atoms with Crippen LogP contribution in [0.4, 0.5) is 0 Å². The second-order valence-electron chi connectivity index (χ2n) is 5.57. The number of carbonyl (C=O) groups is 1. The van der Waals surface area contributed by atoms with Crippen molar-refractivity contribution in [2.24, 2.45) is 0 Å². The summed E-state index contributed by atoms with van der Waals surface area (Å²) in [7, 11) is 0. The van der Waals surface area contributed by atoms with Gasteiger partial charge in [0.15, 0.2) is 4.96 Å². The number of fused-ring (bicyclic) bond motifs is 1. The van der Waals surface area contributed by atoms with Gasteiger partial charge in [0.25, 0.3) is 0 Å². The van der Waals surface area contributed by atoms with Crippen LogP contribution in [0.25, 0.3) is 26.8 Å². The molecule has 120 valence electrons. The van der Waals surface area contributed by atoms with E-state index < -0.39 is 5.97 Å². The van der Waals surface area contributed by atoms with Gasteiger partial charge < -0.3 is 5.11 Å². The Hall–Kier alpha value is -2.44. The number of thiazole rings is 1. The number of hydrogen-bond donors (Lipinski definition) is 1. The molecule has 0 spiro atoms. The highest BCUT2D eigenvalue weighted by atomic mass is 32.1. The van der Waals surface area contributed by atoms with Gasteiger partial charge in [-0.1, -0.05) is 35.9 Å². The maximum absolute atomic E-state index is 11.2. The number of aliphatic carboxylic acids is 1. The van der Waals surface area contributed by atoms with Crippen molar-refractivity contribution in [3.63, 3.8) is 0 Å². The Morgan fingerprint density at radius 2 is 2.04 bits per heavy atom. The van der Waals surface area contributed by atoms with E-state index >= 15 is 0 Å². The van der Waals surface area contributed by atoms with Crippen LogP contribution in [0.15, 0.2) is 48.0 Å². The SMILES string of the molecule is Cc1ccc(-c2c(CC(=O)O)sc3nc(-c4cccs4)cn23)cc1. The number of thiophene rings is 1. The summed E-state index contributed by atoms with van der Waals surface area (Å²) in [6.07, 6.45) is 2.00. The van der Waals surface area contributed by atoms with E-state index in [1.165, 1.54) is 16.9 Å². The van der Waals surface area contributed by atoms with Crippen LogP contribution >= 0.6 is 22.7 Å². The van der Waals surface area contributed by atoms with Gasteiger partial charge in [0.1, 0.15) is 5.69 Å². The molecule has 0 unspecified atom stereocenters. The second kappa shape index (κ2) is 5.89. The molecule has 4 rings (SSSR count). The molecule has 0 amide bonds. The summed E-state index contributed by atoms with van der Waals surface area (Å²) in [4.78, 5) is 18.7. The first kappa shape index (κ1) is 15.1. The third-order valence-corrected chi connectivity index (χ3v) is 5.75. The van der Waals surface area contributed by atoms with Gasteiger partial charge in [-0.2, -0.15) is 0 Å². The van der Waals surface area contributed by atoms with Crippen LogP contribution in [-0.4, -0.2) is 20.5 Å². The highest BCUT2D eigenvalue weighted by Gasteiger charge is 2.19. The largest absolute Gasteiger partial charge is 0.481 e. The fourth-order valence-electron chi connectivity index (χ4n) is 2.70. The van der Waals surface area contributed by atoms with E-state index in [1.807, 2.05) is 59.3 Å². The predicted molar refractivity (Wildman–Crippen MR) is 97.9 cm³/mol. The quantitative estimate of drug-likeness (QED) is 0.576. The molecule has 3 aromatic heterocycles. The van der Waals surface area contributed by atoms with Crippen LogP contribution in [0.2, 0.25) is 0 Å². The highest BCUT2D eigenvalue weighted by Crippen LogP contribution is 2.35. The van der Waals surface area contributed by atoms with E-state index in [4.69, 9.17) is 0 Å². The minimum Gasteiger partial charge on any atom is -0.481 e. The number of aromatic nitrogens is 2. The lowest BCUT2D eigenvalue weighted by atomic mass is 10.1. The molecular formula is C18H14N2O2S2. The average molecular weight is 354 g/mol. The fourth-order valence-corrected chi connectivity index (χ4v) is 4.50. The molecule has 6 heteroatoms. The van der Waals surface area contributed by atoms with Crippen molar-refractivity contribution in [2.75, 3.05) is 0 Å². The third-order valence-electron chi connectivity index (χ3n) is 3.80. The van der Waals surface area contributed by atoms with Gasteiger partial charge in [0.2, 0.25) is 0 Å². The molecule has 1 aromatic carbocycles. The van der Waals surface area contributed by atoms with Gasteiger partial charge in [-0.15, -0.1) is 22.7 Å². The molecule has 0 radical (unpaired) electrons. The van der Waals surface area contributed by atoms with Crippen LogP contribution in [0.3, 0.4) is 0 Å². The van der Waals surface area contributed by atoms with Crippen molar-refractivity contribution >= 4 is 33.6 Å². The third kappa shape index (κ3) is 2.64. The first-order valence-corrected chi connectivity index (χ1v) is 9.15. The summed E-state index contributed by atoms with van der Waals surface area (Å²) in [5.74, 6) is -0.827. The molecule has 0 atom stereocenters. The van der Waals surface area contributed by atoms with Crippen molar-refractivity contribution in [1.82, 2.24) is 9.38 Å². The monoisotopic (exact) mass is 354 g/mol. The van der Waals surface area contributed by atoms with E-state index in [-0.39, 0.29) is 6.42 Å². The fraction of sp³-hybridized carbons (Fsp3) is 0.111. The van der Waals surface area contributed by atoms with E-state index in [1.54, 1.807) is 11.3 Å². The zero-order chi connectivity index (χ0) is 16.7. The Morgan fingerprint density at radius 1 is 1.25 bits per heavy atom. The molecule has 0 saturated carbocycles. The first-order chi connectivity index (χ1) is 11.6. The lowest BCUT2D eigenvalue weighted by molar-refractivity contribution is -0.136. The summed E-state index contributed by atoms with van der Waals surface area (Å²) < 4.78 is 2.02. The molecule has 1 N–H and O–H groups in total. The summed E-state index contributed by atoms with van der Waals surface area (Å²) in [6.45, 7) is 2.04. The average Bonchev–Trinajstić information content (AvgIpc) is 3.22. The number of carboxylic acid groups (broad SMARTS) is 1. The molecule has 0 aliphatic heterocycles. The smallest absolute Gasteiger partial charge is 0.308 e. The normalized spacial score (nSPS) is 11.2. The molecule has 24 heavy (non-hydrogen) atoms. The van der Waals surface area contributed by atoms with Crippen molar-refractivity contribution in [3.8, 4) is 21.8 Å². The summed E-state index contributed by atoms with van der Waals surface area (Å²) in [6, 6.07) is 12.2. The van der Waals surface area contributed by atoms with E-state index in [0.29, 0.717) is 0 Å². The first-order valence-electron chi connectivity index (χ1n) is 7.45. The van der Waals surface area contributed by atoms with Gasteiger partial charge in [-0.3, -0.25) is 9.20 Å². The van der Waals surface area contributed by atoms with Gasteiger partial charge in [-0.05, 0) is 23.9 Å². The minimum absolute atomic E-state index is 0.00553. The standard InChI is InChI=1S/C18H14N2O2S2/c1-11-4-6-12(7-5-11)17-15(9-16(21)22)24-18-19-13(10-20(17)18)14-3-2-8-23-14/h2-8,10H,9H2,1H3,(H,21,22). The van der Waals surface area contributed by atoms with Crippen molar-refractivity contribution in [2.45, 2.75) is 13.3 Å². The van der Waals surface area contributed by atoms with Crippen LogP contribution < -0.4 is 0 Å². The topological polar surface area (TPSA) is 54.6 Å². The number of imidazole rings is 1. The van der Waals surface area contributed by atoms with Crippen molar-refractivity contribution in [3.05, 3.63) is 58.4 Å². The number of hydrogen-bond acceptors (Lipinski definition) is 4. The molecule has 0 aliphatic carbocycles. The highest BCUT2D eigenvalue weighted by molar-refractivity contribution is 7.17. The van der Waals surface area contributed by atoms with E-state index in [2.05, 4.69) is 4.98 Å².